The number of nitrogens with two attached hydrogens (primary N) is 2. The summed E-state index contributed by atoms with van der Waals surface area (Å²) >= 11 is 4.24. The number of ether oxygens (including phenoxy) is 2. The number of nitrogens with one attached hydrogen (secondary N) is 1. The van der Waals surface area contributed by atoms with Gasteiger partial charge in [-0.25, -0.2) is 4.79 Å². The summed E-state index contributed by atoms with van der Waals surface area (Å²) in [6, 6.07) is -1.07. The number of rotatable bonds is 8. The van der Waals surface area contributed by atoms with Crippen LogP contribution in [-0.4, -0.2) is 83.1 Å². The van der Waals surface area contributed by atoms with Crippen molar-refractivity contribution >= 4 is 86.1 Å². The van der Waals surface area contributed by atoms with Crippen LogP contribution in [-0.2, 0) is 28.7 Å². The van der Waals surface area contributed by atoms with Crippen LogP contribution in [0.25, 0.3) is 0 Å². The molecule has 0 aromatic carbocycles. The van der Waals surface area contributed by atoms with Gasteiger partial charge in [-0.3, -0.25) is 19.3 Å². The molecular weight excluding hydrogens is 595 g/mol. The lowest BCUT2D eigenvalue weighted by Crippen LogP contribution is -2.71. The third-order valence-corrected chi connectivity index (χ3v) is 8.90. The van der Waals surface area contributed by atoms with E-state index in [4.69, 9.17) is 20.9 Å². The summed E-state index contributed by atoms with van der Waals surface area (Å²) in [7, 11) is 0. The zero-order valence-corrected chi connectivity index (χ0v) is 23.7. The van der Waals surface area contributed by atoms with E-state index in [1.54, 1.807) is 20.8 Å². The van der Waals surface area contributed by atoms with Gasteiger partial charge in [0.1, 0.15) is 17.1 Å². The van der Waals surface area contributed by atoms with Gasteiger partial charge in [0.05, 0.1) is 5.41 Å². The molecule has 2 aliphatic rings. The number of hydrogen-bond donors (Lipinski definition) is 4. The highest BCUT2D eigenvalue weighted by Gasteiger charge is 2.55. The molecule has 1 fully saturated rings. The third kappa shape index (κ3) is 6.07. The van der Waals surface area contributed by atoms with E-state index < -0.39 is 53.1 Å². The minimum absolute atomic E-state index is 0.0522. The molecule has 39 heavy (non-hydrogen) atoms. The van der Waals surface area contributed by atoms with Gasteiger partial charge in [0.15, 0.2) is 9.47 Å². The van der Waals surface area contributed by atoms with Crippen LogP contribution < -0.4 is 16.8 Å². The summed E-state index contributed by atoms with van der Waals surface area (Å²) in [5.74, 6) is -3.01. The molecule has 0 radical (unpaired) electrons. The van der Waals surface area contributed by atoms with E-state index >= 15 is 0 Å². The van der Waals surface area contributed by atoms with Gasteiger partial charge >= 0.3 is 11.9 Å². The average molecular weight is 616 g/mol. The monoisotopic (exact) mass is 615 g/mol. The van der Waals surface area contributed by atoms with Crippen LogP contribution in [0.3, 0.4) is 0 Å². The number of oxime groups is 1. The summed E-state index contributed by atoms with van der Waals surface area (Å²) in [6.07, 6.45) is 0. The maximum Gasteiger partial charge on any atom is 0.358 e. The second kappa shape index (κ2) is 11.3. The number of thioether (sulfide) groups is 2. The number of β-lactam (4-membered cyclic amide) rings is 1. The average Bonchev–Trinajstić information content (AvgIpc) is 3.49. The topological polar surface area (TPSA) is 238 Å². The molecule has 2 aliphatic heterocycles. The van der Waals surface area contributed by atoms with Gasteiger partial charge < -0.3 is 31.5 Å². The fourth-order valence-electron chi connectivity index (χ4n) is 3.18. The molecular formula is C19H21N9O7S4. The second-order valence-electron chi connectivity index (χ2n) is 8.78. The first-order chi connectivity index (χ1) is 18.4. The Hall–Kier alpha value is -3.49. The van der Waals surface area contributed by atoms with E-state index in [1.165, 1.54) is 16.7 Å². The maximum atomic E-state index is 13.2. The molecule has 2 atom stereocenters. The van der Waals surface area contributed by atoms with Crippen molar-refractivity contribution in [2.24, 2.45) is 10.6 Å². The Morgan fingerprint density at radius 2 is 1.97 bits per heavy atom. The molecule has 4 heterocycles. The van der Waals surface area contributed by atoms with Gasteiger partial charge in [0, 0.05) is 22.2 Å². The molecule has 20 heteroatoms. The summed E-state index contributed by atoms with van der Waals surface area (Å²) in [5.41, 5.74) is 9.74. The van der Waals surface area contributed by atoms with Crippen LogP contribution in [0.2, 0.25) is 0 Å². The van der Waals surface area contributed by atoms with Gasteiger partial charge in [-0.05, 0) is 20.8 Å². The zero-order chi connectivity index (χ0) is 28.5. The summed E-state index contributed by atoms with van der Waals surface area (Å²) < 4.78 is 14.5. The lowest BCUT2D eigenvalue weighted by Gasteiger charge is -2.49. The summed E-state index contributed by atoms with van der Waals surface area (Å²) in [4.78, 5) is 56.5. The van der Waals surface area contributed by atoms with Crippen molar-refractivity contribution in [2.75, 3.05) is 24.0 Å². The largest absolute Gasteiger partial charge is 0.427 e. The Labute approximate surface area is 236 Å². The number of anilines is 2. The Balaban J connectivity index is 1.52. The third-order valence-electron chi connectivity index (χ3n) is 5.01. The molecule has 0 aliphatic carbocycles. The fourth-order valence-corrected chi connectivity index (χ4v) is 6.89. The van der Waals surface area contributed by atoms with E-state index in [1.807, 2.05) is 0 Å². The lowest BCUT2D eigenvalue weighted by atomic mass is 9.98. The highest BCUT2D eigenvalue weighted by Crippen LogP contribution is 2.46. The molecule has 2 amide bonds. The van der Waals surface area contributed by atoms with Crippen molar-refractivity contribution in [3.63, 3.8) is 0 Å². The normalized spacial score (nSPS) is 19.3. The van der Waals surface area contributed by atoms with Crippen LogP contribution in [0.15, 0.2) is 20.1 Å². The van der Waals surface area contributed by atoms with Crippen molar-refractivity contribution in [2.45, 2.75) is 36.5 Å². The molecule has 1 saturated heterocycles. The highest BCUT2D eigenvalue weighted by atomic mass is 32.2. The number of carbonyl (C=O) groups is 4. The standard InChI is InChI=1S/C19H21N9O7S4/c1-19(2,3)15(32)35-5-34-14(31)9-6(37-18-25-24-17(21)38-18)4-36-13-8(12(30)28(9)13)22-11(29)7(26-33)10-23-16(20)39-27-10/h8,13,33H,4-5H2,1-3H3,(H2,21,24)(H,22,29)(H2,20,23,27)/b26-7+/t8-,13?/m1/s1. The Kier molecular flexibility index (Phi) is 8.28. The first-order valence-electron chi connectivity index (χ1n) is 10.8. The van der Waals surface area contributed by atoms with E-state index in [0.717, 1.165) is 34.6 Å². The van der Waals surface area contributed by atoms with Crippen LogP contribution in [0.1, 0.15) is 26.6 Å². The Morgan fingerprint density at radius 3 is 2.56 bits per heavy atom. The highest BCUT2D eigenvalue weighted by molar-refractivity contribution is 8.07. The van der Waals surface area contributed by atoms with Crippen LogP contribution in [0.5, 0.6) is 0 Å². The summed E-state index contributed by atoms with van der Waals surface area (Å²) in [6.45, 7) is 4.27. The van der Waals surface area contributed by atoms with Crippen molar-refractivity contribution in [1.29, 1.82) is 0 Å². The summed E-state index contributed by atoms with van der Waals surface area (Å²) in [5, 5.41) is 22.0. The van der Waals surface area contributed by atoms with Crippen molar-refractivity contribution < 1.29 is 33.9 Å². The van der Waals surface area contributed by atoms with Crippen LogP contribution in [0.4, 0.5) is 10.3 Å². The predicted molar refractivity (Wildman–Crippen MR) is 141 cm³/mol. The first-order valence-corrected chi connectivity index (χ1v) is 14.3. The SMILES string of the molecule is CC(C)(C)C(=O)OCOC(=O)C1=C(Sc2nnc(N)s2)CSC2[C@H](NC(=O)/C(=N/O)c3nsc(N)n3)C(=O)N12. The van der Waals surface area contributed by atoms with E-state index in [2.05, 4.69) is 30.0 Å². The minimum Gasteiger partial charge on any atom is -0.427 e. The van der Waals surface area contributed by atoms with Crippen LogP contribution >= 0.6 is 46.4 Å². The minimum atomic E-state index is -1.07. The molecule has 16 nitrogen and oxygen atoms in total. The molecule has 2 aromatic rings. The lowest BCUT2D eigenvalue weighted by molar-refractivity contribution is -0.173. The van der Waals surface area contributed by atoms with E-state index in [9.17, 15) is 24.4 Å². The number of nitrogens with zero attached hydrogens (tertiary/aromatic N) is 6. The molecule has 208 valence electrons. The van der Waals surface area contributed by atoms with Gasteiger partial charge in [-0.15, -0.1) is 22.0 Å². The zero-order valence-electron chi connectivity index (χ0n) is 20.4. The molecule has 0 bridgehead atoms. The molecule has 0 saturated carbocycles. The van der Waals surface area contributed by atoms with Gasteiger partial charge in [0.2, 0.25) is 23.5 Å². The van der Waals surface area contributed by atoms with E-state index in [-0.39, 0.29) is 27.5 Å². The van der Waals surface area contributed by atoms with E-state index in [0.29, 0.717) is 9.24 Å². The number of esters is 2. The van der Waals surface area contributed by atoms with Crippen molar-refractivity contribution in [3.8, 4) is 0 Å². The van der Waals surface area contributed by atoms with Crippen molar-refractivity contribution in [3.05, 3.63) is 16.4 Å². The predicted octanol–water partition coefficient (Wildman–Crippen LogP) is 0.226. The van der Waals surface area contributed by atoms with Gasteiger partial charge in [0.25, 0.3) is 11.8 Å². The maximum absolute atomic E-state index is 13.2. The fraction of sp³-hybridized carbons (Fsp3) is 0.421. The number of hydrogen-bond acceptors (Lipinski definition) is 18. The number of nitrogen functional groups attached to an aromatic ring is 2. The number of fused-ring (bicyclic) bond motifs is 1. The quantitative estimate of drug-likeness (QED) is 0.0776. The smallest absolute Gasteiger partial charge is 0.358 e. The molecule has 4 rings (SSSR count). The molecule has 0 spiro atoms. The number of aromatic nitrogens is 4. The van der Waals surface area contributed by atoms with Crippen LogP contribution in [0, 0.1) is 5.41 Å². The number of amides is 2. The molecule has 6 N–H and O–H groups in total. The second-order valence-corrected chi connectivity index (χ2v) is 13.0. The molecule has 1 unspecified atom stereocenters. The Bertz CT molecular complexity index is 1380. The van der Waals surface area contributed by atoms with Crippen molar-refractivity contribution in [1.82, 2.24) is 29.8 Å². The number of carbonyl (C=O) groups excluding carboxylic acids is 4. The van der Waals surface area contributed by atoms with Gasteiger partial charge in [-0.1, -0.05) is 28.3 Å². The Morgan fingerprint density at radius 1 is 1.23 bits per heavy atom. The van der Waals surface area contributed by atoms with Gasteiger partial charge in [-0.2, -0.15) is 9.36 Å². The first kappa shape index (κ1) is 28.5. The molecule has 2 aromatic heterocycles.